The standard InChI is InChI=1S/C32H46N6O3.C2HF3O2/c1-35-28-18-24(2-3-26(28)38(31(35)41)27-4-5-29(39)34-30(27)40)23-8-14-36(15-9-23)21-22-6-16-37(17-7-22)25-19-32(20-25)10-12-33-13-11-32;3-2(4,5)1(6)7/h2-3,18,22-23,25,27,33H,4-17,19-21H2,1H3,(H,34,39,40);(H,6,7). The predicted molar refractivity (Wildman–Crippen MR) is 173 cm³/mol. The first-order valence-electron chi connectivity index (χ1n) is 17.4. The van der Waals surface area contributed by atoms with Crippen LogP contribution in [0.25, 0.3) is 11.0 Å². The molecule has 3 N–H and O–H groups in total. The summed E-state index contributed by atoms with van der Waals surface area (Å²) in [6, 6.07) is 6.52. The molecule has 1 unspecified atom stereocenters. The van der Waals surface area contributed by atoms with Crippen molar-refractivity contribution in [2.45, 2.75) is 88.4 Å². The zero-order chi connectivity index (χ0) is 34.2. The minimum atomic E-state index is -5.08. The van der Waals surface area contributed by atoms with E-state index in [2.05, 4.69) is 32.6 Å². The van der Waals surface area contributed by atoms with Gasteiger partial charge in [-0.3, -0.25) is 24.0 Å². The molecule has 1 atom stereocenters. The molecule has 264 valence electrons. The minimum absolute atomic E-state index is 0.199. The maximum Gasteiger partial charge on any atom is 0.490 e. The van der Waals surface area contributed by atoms with Crippen LogP contribution in [0.5, 0.6) is 0 Å². The van der Waals surface area contributed by atoms with Gasteiger partial charge in [0.05, 0.1) is 11.0 Å². The van der Waals surface area contributed by atoms with E-state index >= 15 is 0 Å². The number of likely N-dealkylation sites (tertiary alicyclic amines) is 2. The number of rotatable bonds is 5. The third-order valence-electron chi connectivity index (χ3n) is 11.6. The Morgan fingerprint density at radius 3 is 2.21 bits per heavy atom. The van der Waals surface area contributed by atoms with Gasteiger partial charge in [-0.2, -0.15) is 13.2 Å². The van der Waals surface area contributed by atoms with Gasteiger partial charge in [0.2, 0.25) is 11.8 Å². The maximum absolute atomic E-state index is 13.1. The van der Waals surface area contributed by atoms with Gasteiger partial charge in [-0.25, -0.2) is 9.59 Å². The number of imide groups is 1. The molecule has 14 heteroatoms. The largest absolute Gasteiger partial charge is 0.490 e. The number of amides is 2. The van der Waals surface area contributed by atoms with E-state index in [1.165, 1.54) is 76.8 Å². The number of imidazole rings is 1. The molecule has 1 spiro atoms. The molecular formula is C34H47F3N6O5. The fraction of sp³-hybridized carbons (Fsp3) is 0.706. The van der Waals surface area contributed by atoms with Crippen LogP contribution in [-0.2, 0) is 21.4 Å². The lowest BCUT2D eigenvalue weighted by Gasteiger charge is -2.55. The maximum atomic E-state index is 13.1. The monoisotopic (exact) mass is 676 g/mol. The van der Waals surface area contributed by atoms with Crippen LogP contribution in [0.2, 0.25) is 0 Å². The van der Waals surface area contributed by atoms with Crippen molar-refractivity contribution >= 4 is 28.8 Å². The highest BCUT2D eigenvalue weighted by molar-refractivity contribution is 6.00. The van der Waals surface area contributed by atoms with E-state index in [1.807, 2.05) is 6.07 Å². The van der Waals surface area contributed by atoms with Crippen molar-refractivity contribution in [3.05, 3.63) is 34.2 Å². The van der Waals surface area contributed by atoms with E-state index in [4.69, 9.17) is 9.90 Å². The van der Waals surface area contributed by atoms with Crippen LogP contribution in [0.15, 0.2) is 23.0 Å². The molecule has 4 aliphatic heterocycles. The van der Waals surface area contributed by atoms with Gasteiger partial charge in [-0.1, -0.05) is 6.07 Å². The number of hydrogen-bond donors (Lipinski definition) is 3. The summed E-state index contributed by atoms with van der Waals surface area (Å²) in [7, 11) is 1.78. The molecule has 48 heavy (non-hydrogen) atoms. The summed E-state index contributed by atoms with van der Waals surface area (Å²) in [5.74, 6) is -2.09. The molecule has 5 aliphatic rings. The van der Waals surface area contributed by atoms with Crippen molar-refractivity contribution in [1.82, 2.24) is 29.6 Å². The normalized spacial score (nSPS) is 25.0. The predicted octanol–water partition coefficient (Wildman–Crippen LogP) is 3.37. The third-order valence-corrected chi connectivity index (χ3v) is 11.6. The quantitative estimate of drug-likeness (QED) is 0.412. The van der Waals surface area contributed by atoms with E-state index in [0.29, 0.717) is 17.8 Å². The van der Waals surface area contributed by atoms with E-state index < -0.39 is 18.2 Å². The first-order chi connectivity index (χ1) is 22.8. The number of aromatic nitrogens is 2. The van der Waals surface area contributed by atoms with Crippen molar-refractivity contribution in [3.8, 4) is 0 Å². The van der Waals surface area contributed by atoms with Crippen LogP contribution >= 0.6 is 0 Å². The molecule has 0 bridgehead atoms. The second-order valence-electron chi connectivity index (χ2n) is 14.6. The molecule has 2 aromatic rings. The van der Waals surface area contributed by atoms with Gasteiger partial charge >= 0.3 is 17.8 Å². The Morgan fingerprint density at radius 1 is 0.958 bits per heavy atom. The lowest BCUT2D eigenvalue weighted by Crippen LogP contribution is -2.56. The number of aryl methyl sites for hydroxylation is 1. The highest BCUT2D eigenvalue weighted by atomic mass is 19.4. The average molecular weight is 677 g/mol. The van der Waals surface area contributed by atoms with E-state index in [9.17, 15) is 27.6 Å². The zero-order valence-electron chi connectivity index (χ0n) is 27.6. The molecule has 11 nitrogen and oxygen atoms in total. The number of carboxylic acids is 1. The first kappa shape index (κ1) is 34.6. The molecule has 1 aromatic heterocycles. The lowest BCUT2D eigenvalue weighted by atomic mass is 9.60. The Labute approximate surface area is 277 Å². The Bertz CT molecular complexity index is 1560. The fourth-order valence-electron chi connectivity index (χ4n) is 8.74. The molecule has 7 rings (SSSR count). The van der Waals surface area contributed by atoms with E-state index in [1.54, 1.807) is 16.2 Å². The number of alkyl halides is 3. The third kappa shape index (κ3) is 7.35. The summed E-state index contributed by atoms with van der Waals surface area (Å²) in [4.78, 5) is 51.7. The second-order valence-corrected chi connectivity index (χ2v) is 14.6. The minimum Gasteiger partial charge on any atom is -0.475 e. The number of nitrogens with one attached hydrogen (secondary N) is 2. The molecule has 1 saturated carbocycles. The van der Waals surface area contributed by atoms with Gasteiger partial charge in [-0.05, 0) is 132 Å². The zero-order valence-corrected chi connectivity index (χ0v) is 27.6. The number of fused-ring (bicyclic) bond motifs is 1. The summed E-state index contributed by atoms with van der Waals surface area (Å²) in [5.41, 5.74) is 3.40. The van der Waals surface area contributed by atoms with Crippen LogP contribution < -0.4 is 16.3 Å². The number of carbonyl (C=O) groups is 3. The second kappa shape index (κ2) is 13.9. The molecule has 2 amide bonds. The SMILES string of the molecule is Cn1c(=O)n(C2CCC(=O)NC2=O)c2ccc(C3CCN(CC4CCN(C5CC6(CCNCC6)C5)CC4)CC3)cc21.O=C(O)C(F)(F)F. The van der Waals surface area contributed by atoms with Crippen LogP contribution in [0.4, 0.5) is 13.2 Å². The molecular weight excluding hydrogens is 629 g/mol. The van der Waals surface area contributed by atoms with Gasteiger partial charge in [0.1, 0.15) is 6.04 Å². The summed E-state index contributed by atoms with van der Waals surface area (Å²) >= 11 is 0. The topological polar surface area (TPSA) is 129 Å². The summed E-state index contributed by atoms with van der Waals surface area (Å²) < 4.78 is 35.0. The summed E-state index contributed by atoms with van der Waals surface area (Å²) in [5, 5.41) is 13.1. The molecule has 0 radical (unpaired) electrons. The van der Waals surface area contributed by atoms with Gasteiger partial charge in [0.15, 0.2) is 0 Å². The number of halogens is 3. The number of benzene rings is 1. The van der Waals surface area contributed by atoms with E-state index in [0.717, 1.165) is 48.9 Å². The Kier molecular flexibility index (Phi) is 10.1. The Balaban J connectivity index is 0.000000519. The van der Waals surface area contributed by atoms with Crippen molar-refractivity contribution in [2.24, 2.45) is 18.4 Å². The fourth-order valence-corrected chi connectivity index (χ4v) is 8.74. The lowest BCUT2D eigenvalue weighted by molar-refractivity contribution is -0.192. The molecule has 4 saturated heterocycles. The highest BCUT2D eigenvalue weighted by Crippen LogP contribution is 2.50. The number of hydrogen-bond acceptors (Lipinski definition) is 7. The van der Waals surface area contributed by atoms with Crippen molar-refractivity contribution in [2.75, 3.05) is 45.8 Å². The number of piperidine rings is 4. The molecule has 1 aliphatic carbocycles. The van der Waals surface area contributed by atoms with Gasteiger partial charge < -0.3 is 20.2 Å². The summed E-state index contributed by atoms with van der Waals surface area (Å²) in [6.07, 6.45) is 6.17. The van der Waals surface area contributed by atoms with Gasteiger partial charge in [-0.15, -0.1) is 0 Å². The van der Waals surface area contributed by atoms with Crippen molar-refractivity contribution < 1.29 is 32.7 Å². The van der Waals surface area contributed by atoms with Crippen LogP contribution in [-0.4, -0.2) is 99.9 Å². The van der Waals surface area contributed by atoms with Crippen LogP contribution in [0.3, 0.4) is 0 Å². The highest BCUT2D eigenvalue weighted by Gasteiger charge is 2.47. The smallest absolute Gasteiger partial charge is 0.475 e. The number of aliphatic carboxylic acids is 1. The summed E-state index contributed by atoms with van der Waals surface area (Å²) in [6.45, 7) is 8.53. The number of carboxylic acid groups (broad SMARTS) is 1. The van der Waals surface area contributed by atoms with Crippen LogP contribution in [0, 0.1) is 11.3 Å². The Hall–Kier alpha value is -3.23. The van der Waals surface area contributed by atoms with Crippen molar-refractivity contribution in [3.63, 3.8) is 0 Å². The Morgan fingerprint density at radius 2 is 1.60 bits per heavy atom. The number of carbonyl (C=O) groups excluding carboxylic acids is 2. The average Bonchev–Trinajstić information content (AvgIpc) is 3.29. The van der Waals surface area contributed by atoms with Crippen LogP contribution in [0.1, 0.15) is 81.7 Å². The number of nitrogens with zero attached hydrogens (tertiary/aromatic N) is 4. The first-order valence-corrected chi connectivity index (χ1v) is 17.4. The molecule has 5 fully saturated rings. The van der Waals surface area contributed by atoms with Crippen molar-refractivity contribution in [1.29, 1.82) is 0 Å². The van der Waals surface area contributed by atoms with E-state index in [-0.39, 0.29) is 23.9 Å². The molecule has 5 heterocycles. The van der Waals surface area contributed by atoms with Gasteiger partial charge in [0.25, 0.3) is 0 Å². The van der Waals surface area contributed by atoms with Gasteiger partial charge in [0, 0.05) is 26.1 Å². The molecule has 1 aromatic carbocycles.